The van der Waals surface area contributed by atoms with Crippen LogP contribution >= 0.6 is 11.6 Å². The van der Waals surface area contributed by atoms with E-state index in [-0.39, 0.29) is 6.42 Å². The van der Waals surface area contributed by atoms with Crippen molar-refractivity contribution < 1.29 is 0 Å². The van der Waals surface area contributed by atoms with E-state index in [0.29, 0.717) is 0 Å². The fourth-order valence-corrected chi connectivity index (χ4v) is 1.14. The summed E-state index contributed by atoms with van der Waals surface area (Å²) in [6.07, 6.45) is 0.252. The first-order valence-electron chi connectivity index (χ1n) is 3.75. The van der Waals surface area contributed by atoms with Crippen molar-refractivity contribution in [2.24, 2.45) is 0 Å². The molecule has 1 aromatic carbocycles. The van der Waals surface area contributed by atoms with Crippen LogP contribution in [0.3, 0.4) is 0 Å². The van der Waals surface area contributed by atoms with Crippen molar-refractivity contribution in [1.82, 2.24) is 0 Å². The first-order valence-corrected chi connectivity index (χ1v) is 4.13. The fourth-order valence-electron chi connectivity index (χ4n) is 0.981. The van der Waals surface area contributed by atoms with Crippen molar-refractivity contribution in [2.45, 2.75) is 11.3 Å². The molecule has 0 unspecified atom stereocenters. The highest BCUT2D eigenvalue weighted by Gasteiger charge is 2.26. The second-order valence-electron chi connectivity index (χ2n) is 2.69. The number of nitriles is 2. The number of alkyl halides is 1. The van der Waals surface area contributed by atoms with Crippen LogP contribution in [0.25, 0.3) is 0 Å². The first kappa shape index (κ1) is 9.58. The van der Waals surface area contributed by atoms with E-state index in [1.807, 2.05) is 30.3 Å². The summed E-state index contributed by atoms with van der Waals surface area (Å²) >= 11 is 5.72. The Balaban J connectivity index is 2.83. The summed E-state index contributed by atoms with van der Waals surface area (Å²) in [6.45, 7) is 0. The maximum Gasteiger partial charge on any atom is 0.219 e. The number of hydrogen-bond donors (Lipinski definition) is 0. The fraction of sp³-hybridized carbons (Fsp3) is 0.200. The normalized spacial score (nSPS) is 10.1. The molecule has 0 spiro atoms. The van der Waals surface area contributed by atoms with Crippen LogP contribution in [0.1, 0.15) is 5.56 Å². The number of nitrogens with zero attached hydrogens (tertiary/aromatic N) is 2. The monoisotopic (exact) mass is 190 g/mol. The van der Waals surface area contributed by atoms with Crippen LogP contribution < -0.4 is 0 Å². The Hall–Kier alpha value is -1.51. The molecule has 1 rings (SSSR count). The predicted octanol–water partition coefficient (Wildman–Crippen LogP) is 2.25. The summed E-state index contributed by atoms with van der Waals surface area (Å²) < 4.78 is 0. The Labute approximate surface area is 82.0 Å². The van der Waals surface area contributed by atoms with Gasteiger partial charge in [0.2, 0.25) is 4.87 Å². The van der Waals surface area contributed by atoms with Crippen molar-refractivity contribution in [2.75, 3.05) is 0 Å². The molecule has 1 aromatic rings. The standard InChI is InChI=1S/C10H7ClN2/c11-10(7-12,8-13)6-9-4-2-1-3-5-9/h1-5H,6H2. The number of halogens is 1. The lowest BCUT2D eigenvalue weighted by molar-refractivity contribution is 0.874. The summed E-state index contributed by atoms with van der Waals surface area (Å²) in [5, 5.41) is 17.3. The molecule has 0 aromatic heterocycles. The van der Waals surface area contributed by atoms with Crippen molar-refractivity contribution in [3.8, 4) is 12.1 Å². The molecule has 0 aliphatic rings. The number of benzene rings is 1. The van der Waals surface area contributed by atoms with Crippen molar-refractivity contribution in [3.63, 3.8) is 0 Å². The molecule has 0 saturated heterocycles. The summed E-state index contributed by atoms with van der Waals surface area (Å²) in [6, 6.07) is 12.8. The second kappa shape index (κ2) is 3.94. The van der Waals surface area contributed by atoms with Gasteiger partial charge in [-0.05, 0) is 5.56 Å². The van der Waals surface area contributed by atoms with Gasteiger partial charge in [-0.15, -0.1) is 0 Å². The molecule has 0 heterocycles. The minimum atomic E-state index is -1.43. The van der Waals surface area contributed by atoms with Gasteiger partial charge >= 0.3 is 0 Å². The largest absolute Gasteiger partial charge is 0.219 e. The van der Waals surface area contributed by atoms with Crippen LogP contribution in [0.4, 0.5) is 0 Å². The van der Waals surface area contributed by atoms with E-state index >= 15 is 0 Å². The summed E-state index contributed by atoms with van der Waals surface area (Å²) in [5.74, 6) is 0. The molecular weight excluding hydrogens is 184 g/mol. The predicted molar refractivity (Wildman–Crippen MR) is 50.0 cm³/mol. The molecule has 0 saturated carbocycles. The van der Waals surface area contributed by atoms with Gasteiger partial charge in [-0.2, -0.15) is 10.5 Å². The number of rotatable bonds is 2. The Morgan fingerprint density at radius 3 is 2.15 bits per heavy atom. The highest BCUT2D eigenvalue weighted by atomic mass is 35.5. The Morgan fingerprint density at radius 1 is 1.15 bits per heavy atom. The van der Waals surface area contributed by atoms with Gasteiger partial charge in [-0.1, -0.05) is 41.9 Å². The van der Waals surface area contributed by atoms with Gasteiger partial charge in [0.05, 0.1) is 0 Å². The molecule has 0 N–H and O–H groups in total. The second-order valence-corrected chi connectivity index (χ2v) is 3.33. The maximum atomic E-state index is 8.64. The smallest absolute Gasteiger partial charge is 0.195 e. The maximum absolute atomic E-state index is 8.64. The zero-order valence-corrected chi connectivity index (χ0v) is 7.62. The van der Waals surface area contributed by atoms with E-state index in [2.05, 4.69) is 0 Å². The van der Waals surface area contributed by atoms with Crippen LogP contribution in [-0.4, -0.2) is 4.87 Å². The van der Waals surface area contributed by atoms with Gasteiger partial charge in [0.1, 0.15) is 12.1 Å². The molecule has 13 heavy (non-hydrogen) atoms. The zero-order valence-electron chi connectivity index (χ0n) is 6.87. The molecule has 0 bridgehead atoms. The third kappa shape index (κ3) is 2.47. The summed E-state index contributed by atoms with van der Waals surface area (Å²) in [7, 11) is 0. The molecular formula is C10H7ClN2. The lowest BCUT2D eigenvalue weighted by Gasteiger charge is -2.08. The Bertz CT molecular complexity index is 345. The van der Waals surface area contributed by atoms with E-state index < -0.39 is 4.87 Å². The van der Waals surface area contributed by atoms with Gasteiger partial charge in [-0.3, -0.25) is 0 Å². The molecule has 0 atom stereocenters. The van der Waals surface area contributed by atoms with Crippen LogP contribution in [0.15, 0.2) is 30.3 Å². The van der Waals surface area contributed by atoms with Crippen LogP contribution in [0.5, 0.6) is 0 Å². The SMILES string of the molecule is N#CC(Cl)(C#N)Cc1ccccc1. The molecule has 0 radical (unpaired) electrons. The average Bonchev–Trinajstić information content (AvgIpc) is 2.19. The molecule has 64 valence electrons. The molecule has 2 nitrogen and oxygen atoms in total. The van der Waals surface area contributed by atoms with Crippen molar-refractivity contribution in [1.29, 1.82) is 10.5 Å². The minimum absolute atomic E-state index is 0.252. The third-order valence-corrected chi connectivity index (χ3v) is 1.95. The van der Waals surface area contributed by atoms with Crippen LogP contribution in [0, 0.1) is 22.7 Å². The van der Waals surface area contributed by atoms with E-state index in [9.17, 15) is 0 Å². The van der Waals surface area contributed by atoms with Gasteiger partial charge in [0, 0.05) is 6.42 Å². The summed E-state index contributed by atoms with van der Waals surface area (Å²) in [5.41, 5.74) is 0.889. The third-order valence-electron chi connectivity index (χ3n) is 1.64. The zero-order chi connectivity index (χ0) is 9.73. The van der Waals surface area contributed by atoms with Crippen LogP contribution in [-0.2, 0) is 6.42 Å². The highest BCUT2D eigenvalue weighted by molar-refractivity contribution is 6.27. The van der Waals surface area contributed by atoms with E-state index in [4.69, 9.17) is 22.1 Å². The summed E-state index contributed by atoms with van der Waals surface area (Å²) in [4.78, 5) is -1.43. The van der Waals surface area contributed by atoms with E-state index in [0.717, 1.165) is 5.56 Å². The van der Waals surface area contributed by atoms with Crippen LogP contribution in [0.2, 0.25) is 0 Å². The minimum Gasteiger partial charge on any atom is -0.195 e. The topological polar surface area (TPSA) is 47.6 Å². The molecule has 0 aliphatic carbocycles. The molecule has 0 amide bonds. The van der Waals surface area contributed by atoms with Crippen molar-refractivity contribution in [3.05, 3.63) is 35.9 Å². The van der Waals surface area contributed by atoms with Gasteiger partial charge in [0.25, 0.3) is 0 Å². The molecule has 3 heteroatoms. The van der Waals surface area contributed by atoms with E-state index in [1.165, 1.54) is 0 Å². The van der Waals surface area contributed by atoms with Crippen molar-refractivity contribution >= 4 is 11.6 Å². The quantitative estimate of drug-likeness (QED) is 0.672. The Morgan fingerprint density at radius 2 is 1.69 bits per heavy atom. The van der Waals surface area contributed by atoms with Gasteiger partial charge in [0.15, 0.2) is 0 Å². The number of hydrogen-bond acceptors (Lipinski definition) is 2. The van der Waals surface area contributed by atoms with Gasteiger partial charge < -0.3 is 0 Å². The van der Waals surface area contributed by atoms with E-state index in [1.54, 1.807) is 12.1 Å². The van der Waals surface area contributed by atoms with Gasteiger partial charge in [-0.25, -0.2) is 0 Å². The molecule has 0 fully saturated rings. The Kier molecular flexibility index (Phi) is 2.90. The highest BCUT2D eigenvalue weighted by Crippen LogP contribution is 2.19. The lowest BCUT2D eigenvalue weighted by Crippen LogP contribution is -2.19. The first-order chi connectivity index (χ1) is 6.20. The lowest BCUT2D eigenvalue weighted by atomic mass is 10.0. The average molecular weight is 191 g/mol. The molecule has 0 aliphatic heterocycles.